The van der Waals surface area contributed by atoms with Crippen LogP contribution in [-0.2, 0) is 9.59 Å². The number of rotatable bonds is 1. The van der Waals surface area contributed by atoms with E-state index >= 15 is 0 Å². The fourth-order valence-corrected chi connectivity index (χ4v) is 1.79. The van der Waals surface area contributed by atoms with Crippen molar-refractivity contribution in [3.8, 4) is 0 Å². The molecular weight excluding hydrogens is 214 g/mol. The van der Waals surface area contributed by atoms with Gasteiger partial charge < -0.3 is 0 Å². The van der Waals surface area contributed by atoms with Crippen LogP contribution in [0.25, 0.3) is 0 Å². The zero-order valence-corrected chi connectivity index (χ0v) is 8.99. The number of halogens is 1. The zero-order chi connectivity index (χ0) is 11.0. The van der Waals surface area contributed by atoms with Gasteiger partial charge in [0.2, 0.25) is 5.91 Å². The highest BCUT2D eigenvalue weighted by molar-refractivity contribution is 6.40. The van der Waals surface area contributed by atoms with Crippen LogP contribution in [0, 0.1) is 6.92 Å². The first-order valence-corrected chi connectivity index (χ1v) is 5.11. The second-order valence-electron chi connectivity index (χ2n) is 3.57. The van der Waals surface area contributed by atoms with Crippen molar-refractivity contribution in [2.45, 2.75) is 18.7 Å². The van der Waals surface area contributed by atoms with Crippen molar-refractivity contribution in [3.63, 3.8) is 0 Å². The molecule has 0 aliphatic carbocycles. The lowest BCUT2D eigenvalue weighted by Gasteiger charge is -2.13. The van der Waals surface area contributed by atoms with E-state index in [0.717, 1.165) is 10.5 Å². The van der Waals surface area contributed by atoms with Crippen molar-refractivity contribution in [1.29, 1.82) is 0 Å². The lowest BCUT2D eigenvalue weighted by molar-refractivity contribution is -0.121. The average molecular weight is 224 g/mol. The van der Waals surface area contributed by atoms with Gasteiger partial charge in [-0.3, -0.25) is 9.59 Å². The number of anilines is 1. The molecular formula is C11H10ClNO2. The van der Waals surface area contributed by atoms with Gasteiger partial charge in [0.15, 0.2) is 0 Å². The summed E-state index contributed by atoms with van der Waals surface area (Å²) < 4.78 is 0. The molecule has 0 bridgehead atoms. The Balaban J connectivity index is 2.35. The first kappa shape index (κ1) is 10.2. The summed E-state index contributed by atoms with van der Waals surface area (Å²) in [6.07, 6.45) is 0.0915. The molecule has 0 radical (unpaired) electrons. The number of imide groups is 1. The molecule has 1 heterocycles. The monoisotopic (exact) mass is 223 g/mol. The summed E-state index contributed by atoms with van der Waals surface area (Å²) in [6.45, 7) is 1.95. The Labute approximate surface area is 92.6 Å². The van der Waals surface area contributed by atoms with Gasteiger partial charge in [0.05, 0.1) is 12.1 Å². The number of hydrogen-bond acceptors (Lipinski definition) is 2. The van der Waals surface area contributed by atoms with Crippen LogP contribution >= 0.6 is 11.6 Å². The molecule has 1 fully saturated rings. The summed E-state index contributed by atoms with van der Waals surface area (Å²) in [6, 6.07) is 7.22. The topological polar surface area (TPSA) is 37.4 Å². The summed E-state index contributed by atoms with van der Waals surface area (Å²) in [5, 5.41) is -0.709. The molecule has 2 rings (SSSR count). The van der Waals surface area contributed by atoms with Crippen LogP contribution in [0.5, 0.6) is 0 Å². The molecule has 78 valence electrons. The maximum absolute atomic E-state index is 11.6. The van der Waals surface area contributed by atoms with Crippen LogP contribution < -0.4 is 4.90 Å². The third-order valence-corrected chi connectivity index (χ3v) is 2.72. The van der Waals surface area contributed by atoms with Gasteiger partial charge in [-0.15, -0.1) is 11.6 Å². The number of carbonyl (C=O) groups is 2. The largest absolute Gasteiger partial charge is 0.274 e. The summed E-state index contributed by atoms with van der Waals surface area (Å²) >= 11 is 5.72. The van der Waals surface area contributed by atoms with E-state index in [9.17, 15) is 9.59 Å². The van der Waals surface area contributed by atoms with E-state index in [4.69, 9.17) is 11.6 Å². The zero-order valence-electron chi connectivity index (χ0n) is 8.24. The number of nitrogens with zero attached hydrogens (tertiary/aromatic N) is 1. The van der Waals surface area contributed by atoms with Gasteiger partial charge in [0, 0.05) is 0 Å². The summed E-state index contributed by atoms with van der Waals surface area (Å²) in [7, 11) is 0. The third-order valence-electron chi connectivity index (χ3n) is 2.38. The van der Waals surface area contributed by atoms with Crippen LogP contribution in [-0.4, -0.2) is 17.2 Å². The maximum atomic E-state index is 11.6. The standard InChI is InChI=1S/C11H10ClNO2/c1-7-2-4-8(5-3-7)13-10(14)6-9(12)11(13)15/h2-5,9H,6H2,1H3. The second-order valence-corrected chi connectivity index (χ2v) is 4.10. The van der Waals surface area contributed by atoms with Crippen molar-refractivity contribution in [2.24, 2.45) is 0 Å². The van der Waals surface area contributed by atoms with E-state index in [1.54, 1.807) is 12.1 Å². The molecule has 0 N–H and O–H groups in total. The number of alkyl halides is 1. The first-order chi connectivity index (χ1) is 7.09. The van der Waals surface area contributed by atoms with Crippen LogP contribution in [0.4, 0.5) is 5.69 Å². The molecule has 2 amide bonds. The van der Waals surface area contributed by atoms with Crippen molar-refractivity contribution >= 4 is 29.1 Å². The van der Waals surface area contributed by atoms with Gasteiger partial charge in [0.25, 0.3) is 5.91 Å². The number of benzene rings is 1. The van der Waals surface area contributed by atoms with Crippen molar-refractivity contribution in [2.75, 3.05) is 4.90 Å². The highest BCUT2D eigenvalue weighted by atomic mass is 35.5. The Morgan fingerprint density at radius 3 is 2.33 bits per heavy atom. The highest BCUT2D eigenvalue weighted by Crippen LogP contribution is 2.25. The smallest absolute Gasteiger partial charge is 0.252 e. The summed E-state index contributed by atoms with van der Waals surface area (Å²) in [5.41, 5.74) is 1.68. The minimum atomic E-state index is -0.709. The van der Waals surface area contributed by atoms with Gasteiger partial charge in [-0.05, 0) is 19.1 Å². The molecule has 1 saturated heterocycles. The highest BCUT2D eigenvalue weighted by Gasteiger charge is 2.38. The van der Waals surface area contributed by atoms with E-state index in [2.05, 4.69) is 0 Å². The van der Waals surface area contributed by atoms with Crippen molar-refractivity contribution in [3.05, 3.63) is 29.8 Å². The Morgan fingerprint density at radius 2 is 1.87 bits per heavy atom. The third kappa shape index (κ3) is 1.75. The molecule has 0 aromatic heterocycles. The van der Waals surface area contributed by atoms with E-state index in [-0.39, 0.29) is 18.2 Å². The second kappa shape index (κ2) is 3.66. The minimum Gasteiger partial charge on any atom is -0.274 e. The Kier molecular flexibility index (Phi) is 2.49. The number of hydrogen-bond donors (Lipinski definition) is 0. The molecule has 1 aromatic carbocycles. The number of aryl methyl sites for hydroxylation is 1. The van der Waals surface area contributed by atoms with Gasteiger partial charge >= 0.3 is 0 Å². The predicted molar refractivity (Wildman–Crippen MR) is 57.9 cm³/mol. The van der Waals surface area contributed by atoms with E-state index in [0.29, 0.717) is 5.69 Å². The van der Waals surface area contributed by atoms with Crippen LogP contribution in [0.15, 0.2) is 24.3 Å². The minimum absolute atomic E-state index is 0.0915. The maximum Gasteiger partial charge on any atom is 0.252 e. The van der Waals surface area contributed by atoms with Gasteiger partial charge in [-0.2, -0.15) is 0 Å². The number of carbonyl (C=O) groups excluding carboxylic acids is 2. The molecule has 1 aromatic rings. The Morgan fingerprint density at radius 1 is 1.27 bits per heavy atom. The molecule has 15 heavy (non-hydrogen) atoms. The Hall–Kier alpha value is -1.35. The number of amides is 2. The molecule has 3 nitrogen and oxygen atoms in total. The van der Waals surface area contributed by atoms with E-state index in [1.807, 2.05) is 19.1 Å². The van der Waals surface area contributed by atoms with Crippen LogP contribution in [0.1, 0.15) is 12.0 Å². The summed E-state index contributed by atoms with van der Waals surface area (Å²) in [4.78, 5) is 24.2. The van der Waals surface area contributed by atoms with Crippen molar-refractivity contribution in [1.82, 2.24) is 0 Å². The van der Waals surface area contributed by atoms with Crippen molar-refractivity contribution < 1.29 is 9.59 Å². The lowest BCUT2D eigenvalue weighted by atomic mass is 10.2. The summed E-state index contributed by atoms with van der Waals surface area (Å²) in [5.74, 6) is -0.561. The van der Waals surface area contributed by atoms with Crippen LogP contribution in [0.3, 0.4) is 0 Å². The van der Waals surface area contributed by atoms with Crippen LogP contribution in [0.2, 0.25) is 0 Å². The quantitative estimate of drug-likeness (QED) is 0.538. The lowest BCUT2D eigenvalue weighted by Crippen LogP contribution is -2.30. The molecule has 4 heteroatoms. The van der Waals surface area contributed by atoms with Gasteiger partial charge in [0.1, 0.15) is 5.38 Å². The van der Waals surface area contributed by atoms with E-state index in [1.165, 1.54) is 0 Å². The molecule has 1 aliphatic heterocycles. The molecule has 0 spiro atoms. The van der Waals surface area contributed by atoms with Gasteiger partial charge in [-0.1, -0.05) is 17.7 Å². The normalized spacial score (nSPS) is 21.2. The molecule has 1 aliphatic rings. The fourth-order valence-electron chi connectivity index (χ4n) is 1.56. The SMILES string of the molecule is Cc1ccc(N2C(=O)CC(Cl)C2=O)cc1. The Bertz CT molecular complexity index is 413. The molecule has 0 saturated carbocycles. The predicted octanol–water partition coefficient (Wildman–Crippen LogP) is 1.87. The molecule has 1 unspecified atom stereocenters. The van der Waals surface area contributed by atoms with Gasteiger partial charge in [-0.25, -0.2) is 4.90 Å². The first-order valence-electron chi connectivity index (χ1n) is 4.67. The average Bonchev–Trinajstić information content (AvgIpc) is 2.44. The molecule has 1 atom stereocenters. The fraction of sp³-hybridized carbons (Fsp3) is 0.273. The van der Waals surface area contributed by atoms with E-state index < -0.39 is 5.38 Å².